The van der Waals surface area contributed by atoms with Crippen LogP contribution in [0.1, 0.15) is 20.1 Å². The number of aromatic nitrogens is 2. The molecule has 2 heterocycles. The molecule has 2 aromatic rings. The molecule has 1 amide bonds. The van der Waals surface area contributed by atoms with E-state index in [2.05, 4.69) is 10.3 Å². The number of alkyl halides is 1. The number of aliphatic carboxylic acids is 1. The van der Waals surface area contributed by atoms with Crippen molar-refractivity contribution in [2.45, 2.75) is 44.0 Å². The third-order valence-electron chi connectivity index (χ3n) is 5.67. The van der Waals surface area contributed by atoms with Gasteiger partial charge in [-0.2, -0.15) is 4.98 Å². The lowest BCUT2D eigenvalue weighted by atomic mass is 9.98. The lowest BCUT2D eigenvalue weighted by Crippen LogP contribution is -2.43. The molecule has 3 rings (SSSR count). The Labute approximate surface area is 223 Å². The summed E-state index contributed by atoms with van der Waals surface area (Å²) in [6.45, 7) is 1.66. The number of carbonyl (C=O) groups is 2. The second-order valence-electron chi connectivity index (χ2n) is 9.17. The molecule has 1 aliphatic rings. The Morgan fingerprint density at radius 1 is 1.31 bits per heavy atom. The third kappa shape index (κ3) is 7.41. The molecule has 1 aliphatic heterocycles. The summed E-state index contributed by atoms with van der Waals surface area (Å²) in [4.78, 5) is 47.4. The minimum absolute atomic E-state index is 0.0498. The highest BCUT2D eigenvalue weighted by Crippen LogP contribution is 2.42. The van der Waals surface area contributed by atoms with Gasteiger partial charge in [-0.3, -0.25) is 14.2 Å². The molecule has 14 nitrogen and oxygen atoms in total. The van der Waals surface area contributed by atoms with E-state index in [4.69, 9.17) is 14.1 Å². The fourth-order valence-corrected chi connectivity index (χ4v) is 4.54. The van der Waals surface area contributed by atoms with Gasteiger partial charge in [0.1, 0.15) is 29.5 Å². The van der Waals surface area contributed by atoms with E-state index in [1.165, 1.54) is 25.1 Å². The van der Waals surface area contributed by atoms with Gasteiger partial charge in [-0.15, -0.1) is 4.52 Å². The lowest BCUT2D eigenvalue weighted by molar-refractivity contribution is -0.148. The molecule has 0 saturated carbocycles. The Kier molecular flexibility index (Phi) is 9.83. The Bertz CT molecular complexity index is 1250. The van der Waals surface area contributed by atoms with Crippen LogP contribution in [0.3, 0.4) is 0 Å². The van der Waals surface area contributed by atoms with Crippen molar-refractivity contribution in [1.29, 1.82) is 0 Å². The van der Waals surface area contributed by atoms with E-state index < -0.39 is 62.5 Å². The zero-order valence-electron chi connectivity index (χ0n) is 21.6. The van der Waals surface area contributed by atoms with Crippen molar-refractivity contribution in [3.8, 4) is 5.75 Å². The Morgan fingerprint density at radius 2 is 1.97 bits per heavy atom. The number of hydrogen-bond acceptors (Lipinski definition) is 10. The van der Waals surface area contributed by atoms with Gasteiger partial charge in [0, 0.05) is 6.20 Å². The molecule has 0 radical (unpaired) electrons. The number of carboxylic acids is 1. The standard InChI is InChI=1S/C23H29FN5O9P/c1-14(20(32)33)29(38-15-8-6-5-7-9-15)39(35)36-13-16-19(31)23(2,24)21(37-16)28-11-10-17(26-22(28)34)25-18(30)12-27(3)4/h5-11,14,16,19,21,31H,12-13H2,1-4H3,(H-,25,26,30,32,33,34)/p+1/t14?,16-,19-,21-,23-/m1/s1. The molecule has 0 bridgehead atoms. The van der Waals surface area contributed by atoms with Crippen molar-refractivity contribution >= 4 is 25.9 Å². The van der Waals surface area contributed by atoms with E-state index in [1.54, 1.807) is 37.2 Å². The second-order valence-corrected chi connectivity index (χ2v) is 10.3. The van der Waals surface area contributed by atoms with Gasteiger partial charge in [-0.05, 0) is 50.7 Å². The van der Waals surface area contributed by atoms with E-state index in [1.807, 2.05) is 0 Å². The molecule has 212 valence electrons. The summed E-state index contributed by atoms with van der Waals surface area (Å²) in [5, 5.41) is 22.4. The van der Waals surface area contributed by atoms with Crippen LogP contribution < -0.4 is 15.8 Å². The molecule has 1 saturated heterocycles. The Balaban J connectivity index is 1.71. The molecule has 2 unspecified atom stereocenters. The van der Waals surface area contributed by atoms with Crippen molar-refractivity contribution in [2.24, 2.45) is 0 Å². The van der Waals surface area contributed by atoms with Gasteiger partial charge in [0.05, 0.1) is 6.54 Å². The zero-order valence-corrected chi connectivity index (χ0v) is 22.5. The minimum Gasteiger partial charge on any atom is -0.480 e. The Hall–Kier alpha value is -3.33. The smallest absolute Gasteiger partial charge is 0.480 e. The van der Waals surface area contributed by atoms with Crippen molar-refractivity contribution in [1.82, 2.24) is 19.3 Å². The van der Waals surface area contributed by atoms with Crippen molar-refractivity contribution in [3.63, 3.8) is 0 Å². The first-order chi connectivity index (χ1) is 18.3. The minimum atomic E-state index is -2.96. The number of anilines is 1. The highest BCUT2D eigenvalue weighted by Gasteiger charge is 2.56. The van der Waals surface area contributed by atoms with E-state index >= 15 is 4.39 Å². The summed E-state index contributed by atoms with van der Waals surface area (Å²) in [6.07, 6.45) is -3.70. The summed E-state index contributed by atoms with van der Waals surface area (Å²) in [5.74, 6) is -1.62. The Morgan fingerprint density at radius 3 is 2.56 bits per heavy atom. The summed E-state index contributed by atoms with van der Waals surface area (Å²) in [5.41, 5.74) is -3.46. The third-order valence-corrected chi connectivity index (χ3v) is 6.79. The number of amides is 1. The molecule has 1 fully saturated rings. The normalized spacial score (nSPS) is 24.0. The molecule has 0 spiro atoms. The molecular formula is C23H30FN5O9P+. The monoisotopic (exact) mass is 570 g/mol. The maximum absolute atomic E-state index is 15.6. The average Bonchev–Trinajstić information content (AvgIpc) is 3.09. The number of nitrogens with one attached hydrogen (secondary N) is 1. The van der Waals surface area contributed by atoms with Gasteiger partial charge in [0.25, 0.3) is 0 Å². The summed E-state index contributed by atoms with van der Waals surface area (Å²) in [7, 11) is 0.417. The van der Waals surface area contributed by atoms with Crippen LogP contribution in [0.4, 0.5) is 10.2 Å². The van der Waals surface area contributed by atoms with Gasteiger partial charge in [-0.1, -0.05) is 18.2 Å². The molecule has 1 aromatic heterocycles. The number of para-hydroxylation sites is 1. The van der Waals surface area contributed by atoms with Gasteiger partial charge in [0.2, 0.25) is 5.91 Å². The number of benzene rings is 1. The number of aliphatic hydroxyl groups is 1. The van der Waals surface area contributed by atoms with E-state index in [0.717, 1.165) is 17.7 Å². The number of nitrogens with zero attached hydrogens (tertiary/aromatic N) is 4. The van der Waals surface area contributed by atoms with Crippen molar-refractivity contribution in [3.05, 3.63) is 53.1 Å². The molecule has 39 heavy (non-hydrogen) atoms. The van der Waals surface area contributed by atoms with Crippen LogP contribution in [-0.4, -0.2) is 92.5 Å². The lowest BCUT2D eigenvalue weighted by Gasteiger charge is -2.24. The van der Waals surface area contributed by atoms with E-state index in [-0.39, 0.29) is 18.1 Å². The van der Waals surface area contributed by atoms with E-state index in [0.29, 0.717) is 4.83 Å². The summed E-state index contributed by atoms with van der Waals surface area (Å²) >= 11 is 0. The second kappa shape index (κ2) is 12.7. The number of carbonyl (C=O) groups excluding carboxylic acids is 1. The molecular weight excluding hydrogens is 540 g/mol. The molecule has 16 heteroatoms. The largest absolute Gasteiger partial charge is 0.653 e. The van der Waals surface area contributed by atoms with Crippen molar-refractivity contribution in [2.75, 3.05) is 32.6 Å². The zero-order chi connectivity index (χ0) is 28.9. The van der Waals surface area contributed by atoms with Crippen LogP contribution in [-0.2, 0) is 23.4 Å². The fraction of sp³-hybridized carbons (Fsp3) is 0.478. The number of ether oxygens (including phenoxy) is 1. The first-order valence-electron chi connectivity index (χ1n) is 11.7. The predicted molar refractivity (Wildman–Crippen MR) is 135 cm³/mol. The maximum atomic E-state index is 15.6. The van der Waals surface area contributed by atoms with Gasteiger partial charge < -0.3 is 30.0 Å². The average molecular weight is 570 g/mol. The number of likely N-dealkylation sites (N-methyl/N-ethyl adjacent to an activating group) is 1. The summed E-state index contributed by atoms with van der Waals surface area (Å²) < 4.78 is 40.0. The number of hydrogen-bond donors (Lipinski definition) is 3. The van der Waals surface area contributed by atoms with Crippen molar-refractivity contribution < 1.29 is 42.9 Å². The number of aliphatic hydroxyl groups excluding tert-OH is 1. The highest BCUT2D eigenvalue weighted by atomic mass is 31.1. The quantitative estimate of drug-likeness (QED) is 0.246. The first-order valence-corrected chi connectivity index (χ1v) is 12.9. The number of rotatable bonds is 12. The fourth-order valence-electron chi connectivity index (χ4n) is 3.61. The highest BCUT2D eigenvalue weighted by molar-refractivity contribution is 7.36. The molecule has 0 aliphatic carbocycles. The van der Waals surface area contributed by atoms with E-state index in [9.17, 15) is 29.2 Å². The number of halogens is 1. The van der Waals surface area contributed by atoms with Gasteiger partial charge in [-0.25, -0.2) is 9.18 Å². The van der Waals surface area contributed by atoms with Crippen LogP contribution in [0.5, 0.6) is 5.75 Å². The van der Waals surface area contributed by atoms with Gasteiger partial charge in [0.15, 0.2) is 23.7 Å². The van der Waals surface area contributed by atoms with Crippen LogP contribution in [0.15, 0.2) is 47.4 Å². The molecule has 6 atom stereocenters. The first kappa shape index (κ1) is 30.2. The topological polar surface area (TPSA) is 173 Å². The van der Waals surface area contributed by atoms with Crippen LogP contribution in [0.2, 0.25) is 0 Å². The summed E-state index contributed by atoms with van der Waals surface area (Å²) in [6, 6.07) is 7.85. The van der Waals surface area contributed by atoms with Crippen LogP contribution >= 0.6 is 8.18 Å². The SMILES string of the molecule is CC(C(=O)O)N(Oc1ccccc1)[P+](=O)OC[C@H]1O[C@@H](n2ccc(NC(=O)CN(C)C)nc2=O)[C@](C)(F)[C@@H]1O. The number of hydroxylamine groups is 1. The number of carboxylic acid groups (broad SMARTS) is 1. The maximum Gasteiger partial charge on any atom is 0.653 e. The molecule has 3 N–H and O–H groups in total. The van der Waals surface area contributed by atoms with Crippen LogP contribution in [0.25, 0.3) is 0 Å². The van der Waals surface area contributed by atoms with Crippen LogP contribution in [0, 0.1) is 0 Å². The van der Waals surface area contributed by atoms with Gasteiger partial charge >= 0.3 is 19.8 Å². The molecule has 1 aromatic carbocycles. The predicted octanol–water partition coefficient (Wildman–Crippen LogP) is 1.17.